The second-order valence-electron chi connectivity index (χ2n) is 9.43. The first kappa shape index (κ1) is 24.3. The first-order valence-corrected chi connectivity index (χ1v) is 14.1. The van der Waals surface area contributed by atoms with Crippen LogP contribution in [0, 0.1) is 11.8 Å². The van der Waals surface area contributed by atoms with Crippen molar-refractivity contribution >= 4 is 40.2 Å². The lowest BCUT2D eigenvalue weighted by atomic mass is 9.75. The Morgan fingerprint density at radius 3 is 2.45 bits per heavy atom. The average Bonchev–Trinajstić information content (AvgIpc) is 3.10. The molecular weight excluding hydrogens is 454 g/mol. The number of carboxylic acids is 1. The number of hydrogen-bond donors (Lipinski definition) is 2. The molecule has 1 unspecified atom stereocenters. The summed E-state index contributed by atoms with van der Waals surface area (Å²) in [5.74, 6) is 0.509. The summed E-state index contributed by atoms with van der Waals surface area (Å²) in [5, 5.41) is 12.5. The van der Waals surface area contributed by atoms with Crippen molar-refractivity contribution in [3.05, 3.63) is 30.5 Å². The van der Waals surface area contributed by atoms with Crippen molar-refractivity contribution < 1.29 is 14.7 Å². The molecule has 2 saturated carbocycles. The predicted octanol–water partition coefficient (Wildman–Crippen LogP) is 6.57. The number of hydrogen-bond acceptors (Lipinski definition) is 5. The Morgan fingerprint density at radius 1 is 1.06 bits per heavy atom. The van der Waals surface area contributed by atoms with E-state index in [9.17, 15) is 9.59 Å². The number of carbonyl (C=O) groups is 2. The van der Waals surface area contributed by atoms with Crippen LogP contribution in [0.25, 0.3) is 0 Å². The molecule has 0 aliphatic heterocycles. The van der Waals surface area contributed by atoms with E-state index in [2.05, 4.69) is 39.5 Å². The van der Waals surface area contributed by atoms with Gasteiger partial charge in [-0.3, -0.25) is 10.1 Å². The summed E-state index contributed by atoms with van der Waals surface area (Å²) < 4.78 is 0.809. The number of carbonyl (C=O) groups excluding carboxylic acids is 1. The first-order valence-electron chi connectivity index (χ1n) is 12.3. The Labute approximate surface area is 204 Å². The Morgan fingerprint density at radius 2 is 1.79 bits per heavy atom. The van der Waals surface area contributed by atoms with Crippen LogP contribution in [0.4, 0.5) is 9.93 Å². The topological polar surface area (TPSA) is 82.5 Å². The summed E-state index contributed by atoms with van der Waals surface area (Å²) >= 11 is 2.59. The molecule has 1 heterocycles. The number of nitrogens with one attached hydrogen (secondary N) is 1. The molecule has 180 valence electrons. The summed E-state index contributed by atoms with van der Waals surface area (Å²) in [4.78, 5) is 30.9. The van der Waals surface area contributed by atoms with Gasteiger partial charge in [0, 0.05) is 12.1 Å². The molecular formula is C25H35N3O3S2. The number of aliphatic carboxylic acids is 1. The van der Waals surface area contributed by atoms with Crippen LogP contribution in [0.5, 0.6) is 0 Å². The minimum Gasteiger partial charge on any atom is -0.481 e. The molecule has 0 radical (unpaired) electrons. The van der Waals surface area contributed by atoms with E-state index in [-0.39, 0.29) is 17.8 Å². The van der Waals surface area contributed by atoms with Crippen LogP contribution in [0.15, 0.2) is 34.7 Å². The van der Waals surface area contributed by atoms with E-state index in [1.165, 1.54) is 61.6 Å². The minimum atomic E-state index is -0.853. The number of urea groups is 1. The van der Waals surface area contributed by atoms with Crippen LogP contribution in [0.1, 0.15) is 70.6 Å². The fourth-order valence-electron chi connectivity index (χ4n) is 5.60. The molecule has 4 rings (SSSR count). The van der Waals surface area contributed by atoms with E-state index in [1.807, 2.05) is 0 Å². The molecule has 0 aromatic carbocycles. The van der Waals surface area contributed by atoms with E-state index in [0.717, 1.165) is 36.3 Å². The molecule has 33 heavy (non-hydrogen) atoms. The van der Waals surface area contributed by atoms with Gasteiger partial charge in [0.2, 0.25) is 0 Å². The third kappa shape index (κ3) is 6.85. The third-order valence-corrected chi connectivity index (χ3v) is 9.34. The number of rotatable bonds is 7. The number of nitrogens with zero attached hydrogens (tertiary/aromatic N) is 2. The van der Waals surface area contributed by atoms with Crippen molar-refractivity contribution in [3.8, 4) is 0 Å². The van der Waals surface area contributed by atoms with Gasteiger partial charge in [-0.15, -0.1) is 11.8 Å². The third-order valence-electron chi connectivity index (χ3n) is 7.24. The Bertz CT molecular complexity index is 853. The SMILES string of the molecule is O=C(O)CSc1cnc(NC(=O)N(C2CCCCCC2)C2CCC(C3C=CC=CC3)CC2)s1. The van der Waals surface area contributed by atoms with Crippen molar-refractivity contribution in [1.29, 1.82) is 0 Å². The Kier molecular flexibility index (Phi) is 8.89. The zero-order valence-electron chi connectivity index (χ0n) is 19.2. The molecule has 0 bridgehead atoms. The van der Waals surface area contributed by atoms with Gasteiger partial charge in [-0.2, -0.15) is 0 Å². The average molecular weight is 490 g/mol. The summed E-state index contributed by atoms with van der Waals surface area (Å²) in [6, 6.07) is 0.552. The van der Waals surface area contributed by atoms with Crippen molar-refractivity contribution in [2.45, 2.75) is 86.9 Å². The first-order chi connectivity index (χ1) is 16.1. The minimum absolute atomic E-state index is 0.000999. The second kappa shape index (κ2) is 12.1. The van der Waals surface area contributed by atoms with Crippen LogP contribution < -0.4 is 5.32 Å². The number of amides is 2. The maximum absolute atomic E-state index is 13.5. The number of carboxylic acid groups (broad SMARTS) is 1. The Balaban J connectivity index is 1.41. The molecule has 3 aliphatic carbocycles. The normalized spacial score (nSPS) is 26.0. The lowest BCUT2D eigenvalue weighted by Gasteiger charge is -2.42. The number of thioether (sulfide) groups is 1. The fraction of sp³-hybridized carbons (Fsp3) is 0.640. The van der Waals surface area contributed by atoms with Crippen molar-refractivity contribution in [2.75, 3.05) is 11.1 Å². The van der Waals surface area contributed by atoms with E-state index in [0.29, 0.717) is 23.0 Å². The highest BCUT2D eigenvalue weighted by molar-refractivity contribution is 8.01. The van der Waals surface area contributed by atoms with Gasteiger partial charge >= 0.3 is 12.0 Å². The number of aromatic nitrogens is 1. The fourth-order valence-corrected chi connectivity index (χ4v) is 7.18. The molecule has 1 aromatic heterocycles. The molecule has 0 saturated heterocycles. The zero-order chi connectivity index (χ0) is 23.0. The Hall–Kier alpha value is -1.80. The van der Waals surface area contributed by atoms with Gasteiger partial charge < -0.3 is 10.0 Å². The maximum Gasteiger partial charge on any atom is 0.324 e. The summed E-state index contributed by atoms with van der Waals surface area (Å²) in [5.41, 5.74) is 0. The van der Waals surface area contributed by atoms with Gasteiger partial charge in [0.15, 0.2) is 5.13 Å². The van der Waals surface area contributed by atoms with E-state index >= 15 is 0 Å². The standard InChI is InChI=1S/C25H35N3O3S2/c29-22(30)17-32-23-16-26-24(33-23)27-25(31)28(20-10-6-1-2-7-11-20)21-14-12-19(13-15-21)18-8-4-3-5-9-18/h3-5,8,16,18-21H,1-2,6-7,9-15,17H2,(H,29,30)(H,26,27,31). The van der Waals surface area contributed by atoms with Crippen LogP contribution in [-0.4, -0.2) is 44.8 Å². The number of allylic oxidation sites excluding steroid dienone is 4. The highest BCUT2D eigenvalue weighted by Crippen LogP contribution is 2.38. The van der Waals surface area contributed by atoms with Gasteiger partial charge in [0.1, 0.15) is 0 Å². The van der Waals surface area contributed by atoms with Crippen molar-refractivity contribution in [1.82, 2.24) is 9.88 Å². The monoisotopic (exact) mass is 489 g/mol. The summed E-state index contributed by atoms with van der Waals surface area (Å²) in [6.45, 7) is 0. The lowest BCUT2D eigenvalue weighted by Crippen LogP contribution is -2.50. The van der Waals surface area contributed by atoms with Gasteiger partial charge in [0.05, 0.1) is 16.2 Å². The zero-order valence-corrected chi connectivity index (χ0v) is 20.8. The number of thiazole rings is 1. The molecule has 8 heteroatoms. The molecule has 6 nitrogen and oxygen atoms in total. The van der Waals surface area contributed by atoms with Crippen LogP contribution in [0.3, 0.4) is 0 Å². The maximum atomic E-state index is 13.5. The van der Waals surface area contributed by atoms with E-state index < -0.39 is 5.97 Å². The molecule has 1 aromatic rings. The lowest BCUT2D eigenvalue weighted by molar-refractivity contribution is -0.133. The van der Waals surface area contributed by atoms with E-state index in [4.69, 9.17) is 5.11 Å². The molecule has 3 aliphatic rings. The van der Waals surface area contributed by atoms with Gasteiger partial charge in [0.25, 0.3) is 0 Å². The van der Waals surface area contributed by atoms with Crippen LogP contribution in [0.2, 0.25) is 0 Å². The highest BCUT2D eigenvalue weighted by atomic mass is 32.2. The summed E-state index contributed by atoms with van der Waals surface area (Å²) in [7, 11) is 0. The van der Waals surface area contributed by atoms with Crippen LogP contribution in [-0.2, 0) is 4.79 Å². The molecule has 2 N–H and O–H groups in total. The quantitative estimate of drug-likeness (QED) is 0.334. The molecule has 1 atom stereocenters. The molecule has 2 amide bonds. The molecule has 2 fully saturated rings. The van der Waals surface area contributed by atoms with Gasteiger partial charge in [-0.25, -0.2) is 9.78 Å². The van der Waals surface area contributed by atoms with E-state index in [1.54, 1.807) is 6.20 Å². The second-order valence-corrected chi connectivity index (χ2v) is 11.7. The largest absolute Gasteiger partial charge is 0.481 e. The highest BCUT2D eigenvalue weighted by Gasteiger charge is 2.35. The number of anilines is 1. The smallest absolute Gasteiger partial charge is 0.324 e. The predicted molar refractivity (Wildman–Crippen MR) is 135 cm³/mol. The van der Waals surface area contributed by atoms with Crippen molar-refractivity contribution in [3.63, 3.8) is 0 Å². The van der Waals surface area contributed by atoms with Gasteiger partial charge in [-0.05, 0) is 56.8 Å². The summed E-state index contributed by atoms with van der Waals surface area (Å²) in [6.07, 6.45) is 23.3. The van der Waals surface area contributed by atoms with Crippen molar-refractivity contribution in [2.24, 2.45) is 11.8 Å². The molecule has 0 spiro atoms. The van der Waals surface area contributed by atoms with Gasteiger partial charge in [-0.1, -0.05) is 61.3 Å². The van der Waals surface area contributed by atoms with Crippen LogP contribution >= 0.6 is 23.1 Å².